The van der Waals surface area contributed by atoms with Crippen molar-refractivity contribution in [3.8, 4) is 5.75 Å². The number of fused-ring (bicyclic) bond motifs is 4. The van der Waals surface area contributed by atoms with Crippen LogP contribution in [0.4, 0.5) is 0 Å². The van der Waals surface area contributed by atoms with E-state index >= 15 is 0 Å². The number of benzene rings is 2. The van der Waals surface area contributed by atoms with Crippen LogP contribution >= 0.6 is 11.3 Å². The SMILES string of the molecule is COc1ccc2c(c1)C(=O)N(C[C@@]1(c3cc4c(ccc5sc(C)nc54)o3)CC(=O)NC1=O)C2. The second-order valence-corrected chi connectivity index (χ2v) is 9.72. The van der Waals surface area contributed by atoms with Gasteiger partial charge in [-0.25, -0.2) is 4.98 Å². The largest absolute Gasteiger partial charge is 0.497 e. The van der Waals surface area contributed by atoms with E-state index in [1.54, 1.807) is 41.5 Å². The average molecular weight is 461 g/mol. The van der Waals surface area contributed by atoms with Crippen LogP contribution in [0.3, 0.4) is 0 Å². The smallest absolute Gasteiger partial charge is 0.254 e. The number of thiazole rings is 1. The van der Waals surface area contributed by atoms with Gasteiger partial charge in [0.05, 0.1) is 28.8 Å². The highest BCUT2D eigenvalue weighted by molar-refractivity contribution is 7.18. The molecule has 0 unspecified atom stereocenters. The number of nitrogens with one attached hydrogen (secondary N) is 1. The highest BCUT2D eigenvalue weighted by Gasteiger charge is 2.53. The number of rotatable bonds is 4. The third kappa shape index (κ3) is 2.88. The van der Waals surface area contributed by atoms with Gasteiger partial charge in [-0.1, -0.05) is 6.07 Å². The van der Waals surface area contributed by atoms with Crippen molar-refractivity contribution in [2.24, 2.45) is 0 Å². The lowest BCUT2D eigenvalue weighted by molar-refractivity contribution is -0.126. The number of carbonyl (C=O) groups excluding carboxylic acids is 3. The summed E-state index contributed by atoms with van der Waals surface area (Å²) in [4.78, 5) is 44.9. The molecule has 9 heteroatoms. The van der Waals surface area contributed by atoms with Gasteiger partial charge >= 0.3 is 0 Å². The predicted octanol–water partition coefficient (Wildman–Crippen LogP) is 3.30. The van der Waals surface area contributed by atoms with Crippen LogP contribution in [0.25, 0.3) is 21.2 Å². The molecular weight excluding hydrogens is 442 g/mol. The second kappa shape index (κ2) is 6.89. The predicted molar refractivity (Wildman–Crippen MR) is 121 cm³/mol. The summed E-state index contributed by atoms with van der Waals surface area (Å²) in [5, 5.41) is 4.13. The van der Waals surface area contributed by atoms with Gasteiger partial charge in [0.15, 0.2) is 0 Å². The van der Waals surface area contributed by atoms with Gasteiger partial charge in [0, 0.05) is 24.0 Å². The highest BCUT2D eigenvalue weighted by atomic mass is 32.1. The first-order valence-corrected chi connectivity index (χ1v) is 11.3. The van der Waals surface area contributed by atoms with Crippen molar-refractivity contribution in [1.82, 2.24) is 15.2 Å². The highest BCUT2D eigenvalue weighted by Crippen LogP contribution is 2.41. The molecule has 1 N–H and O–H groups in total. The normalized spacial score (nSPS) is 20.2. The van der Waals surface area contributed by atoms with E-state index in [4.69, 9.17) is 9.15 Å². The number of imide groups is 1. The Kier molecular flexibility index (Phi) is 4.16. The molecule has 1 fully saturated rings. The Morgan fingerprint density at radius 1 is 1.21 bits per heavy atom. The number of methoxy groups -OCH3 is 1. The third-order valence-corrected chi connectivity index (χ3v) is 7.38. The number of furan rings is 1. The molecule has 0 spiro atoms. The van der Waals surface area contributed by atoms with Crippen LogP contribution in [0.5, 0.6) is 5.75 Å². The van der Waals surface area contributed by atoms with E-state index in [-0.39, 0.29) is 24.8 Å². The zero-order valence-corrected chi connectivity index (χ0v) is 18.7. The number of carbonyl (C=O) groups is 3. The van der Waals surface area contributed by atoms with Crippen molar-refractivity contribution in [3.05, 3.63) is 58.3 Å². The number of hydrogen-bond donors (Lipinski definition) is 1. The monoisotopic (exact) mass is 461 g/mol. The van der Waals surface area contributed by atoms with E-state index in [1.807, 2.05) is 25.1 Å². The average Bonchev–Trinajstić information content (AvgIpc) is 3.52. The summed E-state index contributed by atoms with van der Waals surface area (Å²) in [5.74, 6) is -0.101. The lowest BCUT2D eigenvalue weighted by Gasteiger charge is -2.28. The van der Waals surface area contributed by atoms with Gasteiger partial charge in [0.2, 0.25) is 11.8 Å². The Labute approximate surface area is 192 Å². The fourth-order valence-electron chi connectivity index (χ4n) is 4.82. The zero-order valence-electron chi connectivity index (χ0n) is 17.9. The fourth-order valence-corrected chi connectivity index (χ4v) is 5.66. The maximum absolute atomic E-state index is 13.2. The molecular formula is C24H19N3O5S. The lowest BCUT2D eigenvalue weighted by atomic mass is 9.82. The fraction of sp³-hybridized carbons (Fsp3) is 0.250. The summed E-state index contributed by atoms with van der Waals surface area (Å²) in [6.07, 6.45) is -0.0890. The first kappa shape index (κ1) is 19.9. The van der Waals surface area contributed by atoms with Crippen LogP contribution in [0.1, 0.15) is 33.1 Å². The number of aryl methyl sites for hydroxylation is 1. The van der Waals surface area contributed by atoms with Crippen LogP contribution in [0.2, 0.25) is 0 Å². The van der Waals surface area contributed by atoms with E-state index in [2.05, 4.69) is 10.3 Å². The van der Waals surface area contributed by atoms with Crippen LogP contribution in [0, 0.1) is 6.92 Å². The number of hydrogen-bond acceptors (Lipinski definition) is 7. The van der Waals surface area contributed by atoms with Crippen molar-refractivity contribution >= 4 is 50.2 Å². The molecule has 1 atom stereocenters. The maximum atomic E-state index is 13.2. The topological polar surface area (TPSA) is 102 Å². The Hall–Kier alpha value is -3.72. The summed E-state index contributed by atoms with van der Waals surface area (Å²) < 4.78 is 12.4. The van der Waals surface area contributed by atoms with Crippen LogP contribution in [0.15, 0.2) is 40.8 Å². The molecule has 0 saturated carbocycles. The quantitative estimate of drug-likeness (QED) is 0.468. The molecule has 2 aliphatic rings. The Morgan fingerprint density at radius 2 is 2.06 bits per heavy atom. The minimum atomic E-state index is -1.31. The van der Waals surface area contributed by atoms with Crippen molar-refractivity contribution in [1.29, 1.82) is 0 Å². The molecule has 0 bridgehead atoms. The summed E-state index contributed by atoms with van der Waals surface area (Å²) in [5.41, 5.74) is 1.48. The van der Waals surface area contributed by atoms with Crippen LogP contribution in [-0.4, -0.2) is 41.3 Å². The van der Waals surface area contributed by atoms with E-state index < -0.39 is 11.3 Å². The minimum Gasteiger partial charge on any atom is -0.497 e. The number of nitrogens with zero attached hydrogens (tertiary/aromatic N) is 2. The van der Waals surface area contributed by atoms with Crippen molar-refractivity contribution in [3.63, 3.8) is 0 Å². The molecule has 6 rings (SSSR count). The molecule has 2 aromatic heterocycles. The second-order valence-electron chi connectivity index (χ2n) is 8.49. The Morgan fingerprint density at radius 3 is 2.82 bits per heavy atom. The molecule has 4 heterocycles. The molecule has 4 aromatic rings. The van der Waals surface area contributed by atoms with E-state index in [0.717, 1.165) is 26.2 Å². The van der Waals surface area contributed by atoms with Crippen LogP contribution in [-0.2, 0) is 21.5 Å². The van der Waals surface area contributed by atoms with Crippen molar-refractivity contribution in [2.45, 2.75) is 25.3 Å². The molecule has 8 nitrogen and oxygen atoms in total. The molecule has 166 valence electrons. The molecule has 2 aromatic carbocycles. The first-order valence-electron chi connectivity index (χ1n) is 10.5. The number of ether oxygens (including phenoxy) is 1. The molecule has 2 aliphatic heterocycles. The molecule has 3 amide bonds. The minimum absolute atomic E-state index is 0.0272. The van der Waals surface area contributed by atoms with Crippen molar-refractivity contribution < 1.29 is 23.5 Å². The zero-order chi connectivity index (χ0) is 22.9. The van der Waals surface area contributed by atoms with Gasteiger partial charge in [0.1, 0.15) is 22.5 Å². The van der Waals surface area contributed by atoms with Gasteiger partial charge in [-0.3, -0.25) is 19.7 Å². The first-order chi connectivity index (χ1) is 15.9. The standard InChI is InChI=1S/C24H19N3O5S/c1-12-25-21-16-8-19(32-17(16)5-6-18(21)33-12)24(9-20(28)26-23(24)30)11-27-10-13-3-4-14(31-2)7-15(13)22(27)29/h3-8H,9-11H2,1-2H3,(H,26,28,30)/t24-/m1/s1. The molecule has 0 radical (unpaired) electrons. The summed E-state index contributed by atoms with van der Waals surface area (Å²) in [7, 11) is 1.55. The van der Waals surface area contributed by atoms with Gasteiger partial charge in [0.25, 0.3) is 5.91 Å². The van der Waals surface area contributed by atoms with E-state index in [1.165, 1.54) is 0 Å². The van der Waals surface area contributed by atoms with Gasteiger partial charge in [-0.2, -0.15) is 0 Å². The summed E-state index contributed by atoms with van der Waals surface area (Å²) in [6, 6.07) is 10.9. The maximum Gasteiger partial charge on any atom is 0.254 e. The van der Waals surface area contributed by atoms with E-state index in [9.17, 15) is 14.4 Å². The van der Waals surface area contributed by atoms with Gasteiger partial charge in [-0.15, -0.1) is 11.3 Å². The number of aromatic nitrogens is 1. The summed E-state index contributed by atoms with van der Waals surface area (Å²) in [6.45, 7) is 2.31. The van der Waals surface area contributed by atoms with Crippen molar-refractivity contribution in [2.75, 3.05) is 13.7 Å². The number of amides is 3. The Bertz CT molecular complexity index is 1500. The van der Waals surface area contributed by atoms with Gasteiger partial charge in [-0.05, 0) is 42.8 Å². The Balaban J connectivity index is 1.44. The van der Waals surface area contributed by atoms with E-state index in [0.29, 0.717) is 29.2 Å². The van der Waals surface area contributed by atoms with Gasteiger partial charge < -0.3 is 14.1 Å². The third-order valence-electron chi connectivity index (χ3n) is 6.44. The molecule has 33 heavy (non-hydrogen) atoms. The molecule has 1 saturated heterocycles. The lowest BCUT2D eigenvalue weighted by Crippen LogP contribution is -2.46. The van der Waals surface area contributed by atoms with Crippen LogP contribution < -0.4 is 10.1 Å². The summed E-state index contributed by atoms with van der Waals surface area (Å²) >= 11 is 1.58. The molecule has 0 aliphatic carbocycles.